The van der Waals surface area contributed by atoms with Crippen LogP contribution in [0.1, 0.15) is 26.7 Å². The molecule has 0 N–H and O–H groups in total. The molecule has 0 aromatic carbocycles. The summed E-state index contributed by atoms with van der Waals surface area (Å²) in [6.45, 7) is 3.75. The SMILES string of the molecule is CC(C)(Br)C(=O)OCCCC=O. The van der Waals surface area contributed by atoms with Crippen molar-refractivity contribution in [3.63, 3.8) is 0 Å². The largest absolute Gasteiger partial charge is 0.465 e. The average molecular weight is 237 g/mol. The van der Waals surface area contributed by atoms with Gasteiger partial charge in [-0.05, 0) is 20.3 Å². The molecular formula is C8H13BrO3. The molecule has 0 atom stereocenters. The fraction of sp³-hybridized carbons (Fsp3) is 0.750. The van der Waals surface area contributed by atoms with Crippen molar-refractivity contribution in [2.24, 2.45) is 0 Å². The van der Waals surface area contributed by atoms with Crippen LogP contribution in [0, 0.1) is 0 Å². The molecule has 4 heteroatoms. The van der Waals surface area contributed by atoms with Crippen LogP contribution < -0.4 is 0 Å². The minimum atomic E-state index is -0.631. The van der Waals surface area contributed by atoms with Crippen molar-refractivity contribution in [2.45, 2.75) is 31.0 Å². The summed E-state index contributed by atoms with van der Waals surface area (Å²) in [5.41, 5.74) is 0. The Morgan fingerprint density at radius 3 is 2.58 bits per heavy atom. The summed E-state index contributed by atoms with van der Waals surface area (Å²) in [7, 11) is 0. The van der Waals surface area contributed by atoms with E-state index in [0.717, 1.165) is 6.29 Å². The number of carbonyl (C=O) groups is 2. The zero-order valence-corrected chi connectivity index (χ0v) is 8.89. The second-order valence-corrected chi connectivity index (χ2v) is 4.90. The lowest BCUT2D eigenvalue weighted by Crippen LogP contribution is -2.26. The number of carbonyl (C=O) groups excluding carboxylic acids is 2. The Balaban J connectivity index is 3.51. The molecule has 0 radical (unpaired) electrons. The van der Waals surface area contributed by atoms with Crippen molar-refractivity contribution in [3.05, 3.63) is 0 Å². The van der Waals surface area contributed by atoms with Gasteiger partial charge in [0.05, 0.1) is 6.61 Å². The van der Waals surface area contributed by atoms with E-state index < -0.39 is 4.32 Å². The Morgan fingerprint density at radius 2 is 2.17 bits per heavy atom. The molecule has 3 nitrogen and oxygen atoms in total. The predicted octanol–water partition coefficient (Wildman–Crippen LogP) is 1.68. The zero-order valence-electron chi connectivity index (χ0n) is 7.30. The molecule has 0 saturated carbocycles. The van der Waals surface area contributed by atoms with Crippen LogP contribution in [-0.4, -0.2) is 23.2 Å². The highest BCUT2D eigenvalue weighted by Gasteiger charge is 2.24. The number of hydrogen-bond donors (Lipinski definition) is 0. The van der Waals surface area contributed by atoms with Gasteiger partial charge in [-0.2, -0.15) is 0 Å². The minimum Gasteiger partial charge on any atom is -0.465 e. The highest BCUT2D eigenvalue weighted by atomic mass is 79.9. The number of rotatable bonds is 5. The van der Waals surface area contributed by atoms with E-state index in [1.54, 1.807) is 13.8 Å². The first-order valence-electron chi connectivity index (χ1n) is 3.78. The molecule has 0 fully saturated rings. The summed E-state index contributed by atoms with van der Waals surface area (Å²) in [5, 5.41) is 0. The lowest BCUT2D eigenvalue weighted by Gasteiger charge is -2.14. The quantitative estimate of drug-likeness (QED) is 0.316. The minimum absolute atomic E-state index is 0.298. The van der Waals surface area contributed by atoms with Gasteiger partial charge in [-0.25, -0.2) is 0 Å². The van der Waals surface area contributed by atoms with Gasteiger partial charge in [0.15, 0.2) is 0 Å². The van der Waals surface area contributed by atoms with Crippen molar-refractivity contribution in [2.75, 3.05) is 6.61 Å². The molecule has 0 aliphatic carbocycles. The number of ether oxygens (including phenoxy) is 1. The third-order valence-corrected chi connectivity index (χ3v) is 1.51. The van der Waals surface area contributed by atoms with Crippen molar-refractivity contribution in [3.8, 4) is 0 Å². The van der Waals surface area contributed by atoms with Crippen molar-refractivity contribution < 1.29 is 14.3 Å². The monoisotopic (exact) mass is 236 g/mol. The van der Waals surface area contributed by atoms with Crippen LogP contribution in [0.15, 0.2) is 0 Å². The Kier molecular flexibility index (Phi) is 5.13. The number of hydrogen-bond acceptors (Lipinski definition) is 3. The molecule has 0 aromatic heterocycles. The Morgan fingerprint density at radius 1 is 1.58 bits per heavy atom. The van der Waals surface area contributed by atoms with E-state index in [4.69, 9.17) is 4.74 Å². The van der Waals surface area contributed by atoms with Gasteiger partial charge in [0.25, 0.3) is 0 Å². The summed E-state index contributed by atoms with van der Waals surface area (Å²) in [6, 6.07) is 0. The molecule has 0 unspecified atom stereocenters. The van der Waals surface area contributed by atoms with Gasteiger partial charge in [0.2, 0.25) is 0 Å². The molecule has 0 aliphatic heterocycles. The van der Waals surface area contributed by atoms with Gasteiger partial charge in [0.1, 0.15) is 10.6 Å². The lowest BCUT2D eigenvalue weighted by atomic mass is 10.2. The Hall–Kier alpha value is -0.380. The van der Waals surface area contributed by atoms with Crippen LogP contribution in [0.3, 0.4) is 0 Å². The summed E-state index contributed by atoms with van der Waals surface area (Å²) in [4.78, 5) is 21.0. The first-order valence-corrected chi connectivity index (χ1v) is 4.57. The highest BCUT2D eigenvalue weighted by Crippen LogP contribution is 2.17. The third kappa shape index (κ3) is 5.29. The second-order valence-electron chi connectivity index (χ2n) is 2.92. The normalized spacial score (nSPS) is 10.9. The molecule has 0 spiro atoms. The van der Waals surface area contributed by atoms with Gasteiger partial charge in [-0.15, -0.1) is 0 Å². The number of aldehydes is 1. The van der Waals surface area contributed by atoms with Crippen LogP contribution in [0.4, 0.5) is 0 Å². The molecule has 12 heavy (non-hydrogen) atoms. The van der Waals surface area contributed by atoms with Gasteiger partial charge in [-0.3, -0.25) is 4.79 Å². The maximum absolute atomic E-state index is 11.1. The Labute approximate surface area is 80.6 Å². The molecule has 0 heterocycles. The Bertz CT molecular complexity index is 160. The fourth-order valence-electron chi connectivity index (χ4n) is 0.503. The fourth-order valence-corrected chi connectivity index (χ4v) is 0.618. The van der Waals surface area contributed by atoms with Crippen LogP contribution in [0.5, 0.6) is 0 Å². The van der Waals surface area contributed by atoms with Crippen molar-refractivity contribution in [1.82, 2.24) is 0 Å². The third-order valence-electron chi connectivity index (χ3n) is 1.18. The first kappa shape index (κ1) is 11.6. The molecule has 0 aliphatic rings. The molecule has 0 bridgehead atoms. The van der Waals surface area contributed by atoms with Crippen molar-refractivity contribution in [1.29, 1.82) is 0 Å². The lowest BCUT2D eigenvalue weighted by molar-refractivity contribution is -0.145. The molecule has 0 amide bonds. The van der Waals surface area contributed by atoms with Crippen LogP contribution in [0.25, 0.3) is 0 Å². The van der Waals surface area contributed by atoms with Crippen molar-refractivity contribution >= 4 is 28.2 Å². The smallest absolute Gasteiger partial charge is 0.322 e. The number of unbranched alkanes of at least 4 members (excludes halogenated alkanes) is 1. The number of alkyl halides is 1. The summed E-state index contributed by atoms with van der Waals surface area (Å²) in [5.74, 6) is -0.298. The first-order chi connectivity index (χ1) is 5.48. The van der Waals surface area contributed by atoms with Crippen LogP contribution in [0.2, 0.25) is 0 Å². The van der Waals surface area contributed by atoms with Gasteiger partial charge in [-0.1, -0.05) is 15.9 Å². The van der Waals surface area contributed by atoms with Gasteiger partial charge < -0.3 is 9.53 Å². The second kappa shape index (κ2) is 5.30. The average Bonchev–Trinajstić information content (AvgIpc) is 1.96. The maximum atomic E-state index is 11.1. The van der Waals surface area contributed by atoms with Crippen LogP contribution >= 0.6 is 15.9 Å². The highest BCUT2D eigenvalue weighted by molar-refractivity contribution is 9.10. The standard InChI is InChI=1S/C8H13BrO3/c1-8(2,9)7(11)12-6-4-3-5-10/h5H,3-4,6H2,1-2H3. The number of halogens is 1. The van der Waals surface area contributed by atoms with E-state index in [1.807, 2.05) is 0 Å². The summed E-state index contributed by atoms with van der Waals surface area (Å²) >= 11 is 3.17. The molecular weight excluding hydrogens is 224 g/mol. The molecule has 70 valence electrons. The van der Waals surface area contributed by atoms with E-state index >= 15 is 0 Å². The molecule has 0 rings (SSSR count). The summed E-state index contributed by atoms with van der Waals surface area (Å²) < 4.78 is 4.23. The van der Waals surface area contributed by atoms with E-state index in [2.05, 4.69) is 15.9 Å². The van der Waals surface area contributed by atoms with E-state index in [0.29, 0.717) is 19.4 Å². The summed E-state index contributed by atoms with van der Waals surface area (Å²) in [6.07, 6.45) is 1.85. The zero-order chi connectivity index (χ0) is 9.61. The van der Waals surface area contributed by atoms with Gasteiger partial charge in [0, 0.05) is 6.42 Å². The number of esters is 1. The maximum Gasteiger partial charge on any atom is 0.322 e. The van der Waals surface area contributed by atoms with Gasteiger partial charge >= 0.3 is 5.97 Å². The topological polar surface area (TPSA) is 43.4 Å². The van der Waals surface area contributed by atoms with E-state index in [9.17, 15) is 9.59 Å². The predicted molar refractivity (Wildman–Crippen MR) is 49.3 cm³/mol. The van der Waals surface area contributed by atoms with E-state index in [-0.39, 0.29) is 5.97 Å². The molecule has 0 aromatic rings. The van der Waals surface area contributed by atoms with Crippen LogP contribution in [-0.2, 0) is 14.3 Å². The molecule has 0 saturated heterocycles. The van der Waals surface area contributed by atoms with E-state index in [1.165, 1.54) is 0 Å².